The summed E-state index contributed by atoms with van der Waals surface area (Å²) in [5.41, 5.74) is 4.85. The van der Waals surface area contributed by atoms with Gasteiger partial charge < -0.3 is 14.0 Å². The van der Waals surface area contributed by atoms with Crippen LogP contribution in [0.1, 0.15) is 16.1 Å². The summed E-state index contributed by atoms with van der Waals surface area (Å²) in [6.07, 6.45) is 3.53. The Balaban J connectivity index is 1.69. The SMILES string of the molecule is COc1ccc(C(=O)N/N=C\c2cccn2-c2ccc(OC)cc2)cc1. The van der Waals surface area contributed by atoms with Gasteiger partial charge in [-0.2, -0.15) is 5.10 Å². The molecule has 6 nitrogen and oxygen atoms in total. The van der Waals surface area contributed by atoms with Crippen LogP contribution in [0.15, 0.2) is 72.0 Å². The van der Waals surface area contributed by atoms with E-state index in [0.29, 0.717) is 11.3 Å². The summed E-state index contributed by atoms with van der Waals surface area (Å²) in [5, 5.41) is 4.05. The van der Waals surface area contributed by atoms with Crippen LogP contribution in [0.25, 0.3) is 5.69 Å². The lowest BCUT2D eigenvalue weighted by atomic mass is 10.2. The molecule has 0 spiro atoms. The highest BCUT2D eigenvalue weighted by molar-refractivity contribution is 5.94. The van der Waals surface area contributed by atoms with Gasteiger partial charge in [-0.05, 0) is 60.7 Å². The molecule has 0 saturated heterocycles. The first-order valence-electron chi connectivity index (χ1n) is 8.00. The number of hydrazone groups is 1. The largest absolute Gasteiger partial charge is 0.497 e. The van der Waals surface area contributed by atoms with E-state index >= 15 is 0 Å². The van der Waals surface area contributed by atoms with E-state index < -0.39 is 0 Å². The minimum Gasteiger partial charge on any atom is -0.497 e. The number of amides is 1. The number of nitrogens with one attached hydrogen (secondary N) is 1. The van der Waals surface area contributed by atoms with E-state index in [9.17, 15) is 4.79 Å². The molecule has 0 aliphatic carbocycles. The molecular formula is C20H19N3O3. The maximum absolute atomic E-state index is 12.1. The van der Waals surface area contributed by atoms with Crippen molar-refractivity contribution in [3.05, 3.63) is 78.1 Å². The molecule has 26 heavy (non-hydrogen) atoms. The van der Waals surface area contributed by atoms with Crippen molar-refractivity contribution in [2.75, 3.05) is 14.2 Å². The molecule has 0 unspecified atom stereocenters. The van der Waals surface area contributed by atoms with Crippen LogP contribution < -0.4 is 14.9 Å². The number of benzene rings is 2. The molecule has 0 fully saturated rings. The Kier molecular flexibility index (Phi) is 5.34. The second-order valence-corrected chi connectivity index (χ2v) is 5.43. The summed E-state index contributed by atoms with van der Waals surface area (Å²) in [7, 11) is 3.21. The maximum Gasteiger partial charge on any atom is 0.271 e. The Labute approximate surface area is 151 Å². The third kappa shape index (κ3) is 3.92. The van der Waals surface area contributed by atoms with Crippen LogP contribution in [0.4, 0.5) is 0 Å². The average Bonchev–Trinajstić information content (AvgIpc) is 3.16. The van der Waals surface area contributed by atoms with Gasteiger partial charge in [0.25, 0.3) is 5.91 Å². The van der Waals surface area contributed by atoms with Crippen LogP contribution in [0.5, 0.6) is 11.5 Å². The smallest absolute Gasteiger partial charge is 0.271 e. The first kappa shape index (κ1) is 17.3. The molecule has 0 aliphatic heterocycles. The second-order valence-electron chi connectivity index (χ2n) is 5.43. The van der Waals surface area contributed by atoms with Gasteiger partial charge in [0, 0.05) is 17.4 Å². The fourth-order valence-corrected chi connectivity index (χ4v) is 2.44. The molecule has 1 heterocycles. The number of carbonyl (C=O) groups is 1. The number of aromatic nitrogens is 1. The average molecular weight is 349 g/mol. The van der Waals surface area contributed by atoms with Gasteiger partial charge in [-0.3, -0.25) is 4.79 Å². The number of hydrogen-bond acceptors (Lipinski definition) is 4. The lowest BCUT2D eigenvalue weighted by molar-refractivity contribution is 0.0955. The molecule has 0 radical (unpaired) electrons. The summed E-state index contributed by atoms with van der Waals surface area (Å²) in [6, 6.07) is 18.3. The number of methoxy groups -OCH3 is 2. The minimum absolute atomic E-state index is 0.286. The molecule has 3 aromatic rings. The fraction of sp³-hybridized carbons (Fsp3) is 0.100. The van der Waals surface area contributed by atoms with Crippen molar-refractivity contribution in [3.8, 4) is 17.2 Å². The molecule has 0 atom stereocenters. The highest BCUT2D eigenvalue weighted by atomic mass is 16.5. The summed E-state index contributed by atoms with van der Waals surface area (Å²) >= 11 is 0. The van der Waals surface area contributed by atoms with Gasteiger partial charge in [-0.25, -0.2) is 5.43 Å². The van der Waals surface area contributed by atoms with Crippen LogP contribution in [-0.4, -0.2) is 30.9 Å². The highest BCUT2D eigenvalue weighted by Gasteiger charge is 2.05. The number of nitrogens with zero attached hydrogens (tertiary/aromatic N) is 2. The predicted octanol–water partition coefficient (Wildman–Crippen LogP) is 3.26. The van der Waals surface area contributed by atoms with E-state index in [1.54, 1.807) is 44.7 Å². The molecular weight excluding hydrogens is 330 g/mol. The second kappa shape index (κ2) is 8.02. The summed E-state index contributed by atoms with van der Waals surface area (Å²) in [5.74, 6) is 1.21. The van der Waals surface area contributed by atoms with E-state index in [4.69, 9.17) is 9.47 Å². The van der Waals surface area contributed by atoms with Crippen LogP contribution >= 0.6 is 0 Å². The Morgan fingerprint density at radius 1 is 0.962 bits per heavy atom. The number of hydrogen-bond donors (Lipinski definition) is 1. The maximum atomic E-state index is 12.1. The van der Waals surface area contributed by atoms with Crippen LogP contribution in [0.2, 0.25) is 0 Å². The predicted molar refractivity (Wildman–Crippen MR) is 100 cm³/mol. The molecule has 0 saturated carbocycles. The number of rotatable bonds is 6. The first-order valence-corrected chi connectivity index (χ1v) is 8.00. The van der Waals surface area contributed by atoms with Gasteiger partial charge in [0.2, 0.25) is 0 Å². The number of carbonyl (C=O) groups excluding carboxylic acids is 1. The van der Waals surface area contributed by atoms with Gasteiger partial charge in [0.05, 0.1) is 26.1 Å². The van der Waals surface area contributed by atoms with Crippen molar-refractivity contribution in [1.82, 2.24) is 9.99 Å². The van der Waals surface area contributed by atoms with E-state index in [-0.39, 0.29) is 5.91 Å². The fourth-order valence-electron chi connectivity index (χ4n) is 2.44. The standard InChI is InChI=1S/C20H19N3O3/c1-25-18-9-5-15(6-10-18)20(24)22-21-14-17-4-3-13-23(17)16-7-11-19(26-2)12-8-16/h3-14H,1-2H3,(H,22,24)/b21-14-. The highest BCUT2D eigenvalue weighted by Crippen LogP contribution is 2.16. The Bertz CT molecular complexity index is 897. The molecule has 2 aromatic carbocycles. The van der Waals surface area contributed by atoms with Crippen molar-refractivity contribution in [2.45, 2.75) is 0 Å². The zero-order chi connectivity index (χ0) is 18.4. The molecule has 1 aromatic heterocycles. The van der Waals surface area contributed by atoms with Gasteiger partial charge in [0.15, 0.2) is 0 Å². The lowest BCUT2D eigenvalue weighted by Gasteiger charge is -2.07. The lowest BCUT2D eigenvalue weighted by Crippen LogP contribution is -2.17. The van der Waals surface area contributed by atoms with Crippen molar-refractivity contribution >= 4 is 12.1 Å². The molecule has 6 heteroatoms. The van der Waals surface area contributed by atoms with Gasteiger partial charge in [-0.15, -0.1) is 0 Å². The van der Waals surface area contributed by atoms with Crippen LogP contribution in [-0.2, 0) is 0 Å². The molecule has 3 rings (SSSR count). The summed E-state index contributed by atoms with van der Waals surface area (Å²) < 4.78 is 12.2. The van der Waals surface area contributed by atoms with E-state index in [2.05, 4.69) is 10.5 Å². The van der Waals surface area contributed by atoms with Crippen molar-refractivity contribution in [1.29, 1.82) is 0 Å². The monoisotopic (exact) mass is 349 g/mol. The van der Waals surface area contributed by atoms with Crippen molar-refractivity contribution in [2.24, 2.45) is 5.10 Å². The van der Waals surface area contributed by atoms with Gasteiger partial charge in [-0.1, -0.05) is 0 Å². The first-order chi connectivity index (χ1) is 12.7. The van der Waals surface area contributed by atoms with Crippen molar-refractivity contribution < 1.29 is 14.3 Å². The molecule has 1 amide bonds. The van der Waals surface area contributed by atoms with Gasteiger partial charge in [0.1, 0.15) is 11.5 Å². The van der Waals surface area contributed by atoms with E-state index in [0.717, 1.165) is 17.1 Å². The zero-order valence-electron chi connectivity index (χ0n) is 14.5. The van der Waals surface area contributed by atoms with Crippen molar-refractivity contribution in [3.63, 3.8) is 0 Å². The third-order valence-electron chi connectivity index (χ3n) is 3.85. The van der Waals surface area contributed by atoms with Gasteiger partial charge >= 0.3 is 0 Å². The third-order valence-corrected chi connectivity index (χ3v) is 3.85. The number of ether oxygens (including phenoxy) is 2. The Morgan fingerprint density at radius 3 is 2.19 bits per heavy atom. The minimum atomic E-state index is -0.286. The zero-order valence-corrected chi connectivity index (χ0v) is 14.5. The van der Waals surface area contributed by atoms with Crippen LogP contribution in [0.3, 0.4) is 0 Å². The van der Waals surface area contributed by atoms with E-state index in [1.165, 1.54) is 0 Å². The molecule has 1 N–H and O–H groups in total. The molecule has 0 aliphatic rings. The Morgan fingerprint density at radius 2 is 1.58 bits per heavy atom. The molecule has 0 bridgehead atoms. The Hall–Kier alpha value is -3.54. The topological polar surface area (TPSA) is 64.8 Å². The normalized spacial score (nSPS) is 10.7. The van der Waals surface area contributed by atoms with Crippen LogP contribution in [0, 0.1) is 0 Å². The quantitative estimate of drug-likeness (QED) is 0.549. The van der Waals surface area contributed by atoms with E-state index in [1.807, 2.05) is 47.2 Å². The summed E-state index contributed by atoms with van der Waals surface area (Å²) in [4.78, 5) is 12.1. The summed E-state index contributed by atoms with van der Waals surface area (Å²) in [6.45, 7) is 0. The molecule has 132 valence electrons.